The number of nitrogens with zero attached hydrogens (tertiary/aromatic N) is 3. The first-order valence-electron chi connectivity index (χ1n) is 12.4. The Hall–Kier alpha value is -3.52. The standard InChI is InChI=1S/C27H28ClF2N5O5S.ClH/c1-26(2,3)27(29,30)17-5-4-6-19(13-17)40-22-8-7-18(14-20(22)28)34-25-24-21(32-16-33-25)9-11-35(24)12-10-31-23(36)15-41(37,38)39;/h4-9,11,13-14,16H,10,12,15H2,1-3H3,(H,31,36)(H,32,33,34)(H,37,38,39);1H. The molecule has 1 amide bonds. The molecule has 0 radical (unpaired) electrons. The van der Waals surface area contributed by atoms with Gasteiger partial charge in [-0.1, -0.05) is 44.5 Å². The Morgan fingerprint density at radius 3 is 2.52 bits per heavy atom. The minimum Gasteiger partial charge on any atom is -0.456 e. The Morgan fingerprint density at radius 2 is 1.86 bits per heavy atom. The number of nitrogens with one attached hydrogen (secondary N) is 2. The Bertz CT molecular complexity index is 1690. The number of carbonyl (C=O) groups excluding carboxylic acids is 1. The molecule has 0 saturated carbocycles. The second-order valence-corrected chi connectivity index (χ2v) is 12.1. The van der Waals surface area contributed by atoms with Gasteiger partial charge in [0.05, 0.1) is 10.5 Å². The predicted molar refractivity (Wildman–Crippen MR) is 159 cm³/mol. The van der Waals surface area contributed by atoms with Crippen LogP contribution in [0.2, 0.25) is 5.02 Å². The molecule has 3 N–H and O–H groups in total. The van der Waals surface area contributed by atoms with Gasteiger partial charge in [-0.25, -0.2) is 18.7 Å². The van der Waals surface area contributed by atoms with Gasteiger partial charge in [0, 0.05) is 36.0 Å². The lowest BCUT2D eigenvalue weighted by atomic mass is 9.83. The number of aromatic nitrogens is 3. The SMILES string of the molecule is CC(C)(C)C(F)(F)c1cccc(Oc2ccc(Nc3ncnc4ccn(CCNC(=O)CS(=O)(=O)O)c34)cc2Cl)c1.Cl. The van der Waals surface area contributed by atoms with Crippen LogP contribution in [-0.2, 0) is 27.4 Å². The first kappa shape index (κ1) is 33.0. The zero-order valence-corrected chi connectivity index (χ0v) is 25.2. The molecule has 226 valence electrons. The van der Waals surface area contributed by atoms with Gasteiger partial charge in [0.15, 0.2) is 11.6 Å². The largest absolute Gasteiger partial charge is 0.456 e. The molecule has 0 fully saturated rings. The number of halogens is 4. The van der Waals surface area contributed by atoms with E-state index in [2.05, 4.69) is 20.6 Å². The zero-order chi connectivity index (χ0) is 30.0. The Morgan fingerprint density at radius 1 is 1.12 bits per heavy atom. The van der Waals surface area contributed by atoms with Gasteiger partial charge in [-0.2, -0.15) is 8.42 Å². The van der Waals surface area contributed by atoms with Crippen molar-refractivity contribution in [1.29, 1.82) is 0 Å². The molecule has 0 aliphatic rings. The minimum atomic E-state index is -4.42. The minimum absolute atomic E-state index is 0. The quantitative estimate of drug-likeness (QED) is 0.174. The number of alkyl halides is 2. The highest BCUT2D eigenvalue weighted by molar-refractivity contribution is 7.86. The van der Waals surface area contributed by atoms with Gasteiger partial charge < -0.3 is 19.9 Å². The van der Waals surface area contributed by atoms with Gasteiger partial charge in [-0.15, -0.1) is 12.4 Å². The van der Waals surface area contributed by atoms with Crippen LogP contribution in [0.25, 0.3) is 11.0 Å². The van der Waals surface area contributed by atoms with E-state index in [4.69, 9.17) is 20.9 Å². The van der Waals surface area contributed by atoms with E-state index in [0.29, 0.717) is 22.5 Å². The van der Waals surface area contributed by atoms with Gasteiger partial charge >= 0.3 is 0 Å². The maximum atomic E-state index is 14.8. The van der Waals surface area contributed by atoms with Crippen LogP contribution >= 0.6 is 24.0 Å². The fraction of sp³-hybridized carbons (Fsp3) is 0.296. The average Bonchev–Trinajstić information content (AvgIpc) is 3.28. The first-order chi connectivity index (χ1) is 19.1. The van der Waals surface area contributed by atoms with Crippen LogP contribution in [0.5, 0.6) is 11.5 Å². The lowest BCUT2D eigenvalue weighted by molar-refractivity contribution is -0.118. The number of rotatable bonds is 10. The van der Waals surface area contributed by atoms with E-state index in [0.717, 1.165) is 0 Å². The molecule has 4 rings (SSSR count). The normalized spacial score (nSPS) is 12.1. The van der Waals surface area contributed by atoms with Crippen LogP contribution in [0.4, 0.5) is 20.3 Å². The monoisotopic (exact) mass is 643 g/mol. The smallest absolute Gasteiger partial charge is 0.278 e. The number of benzene rings is 2. The molecule has 2 heterocycles. The van der Waals surface area contributed by atoms with Crippen molar-refractivity contribution in [2.45, 2.75) is 33.2 Å². The highest BCUT2D eigenvalue weighted by Crippen LogP contribution is 2.45. The summed E-state index contributed by atoms with van der Waals surface area (Å²) in [6.45, 7) is 4.77. The Kier molecular flexibility index (Phi) is 10.0. The van der Waals surface area contributed by atoms with Crippen molar-refractivity contribution in [3.63, 3.8) is 0 Å². The highest BCUT2D eigenvalue weighted by atomic mass is 35.5. The maximum Gasteiger partial charge on any atom is 0.278 e. The topological polar surface area (TPSA) is 135 Å². The van der Waals surface area contributed by atoms with Gasteiger partial charge in [0.2, 0.25) is 5.91 Å². The van der Waals surface area contributed by atoms with Crippen molar-refractivity contribution in [2.75, 3.05) is 17.6 Å². The molecule has 2 aromatic heterocycles. The van der Waals surface area contributed by atoms with Gasteiger partial charge in [-0.05, 0) is 36.4 Å². The fourth-order valence-corrected chi connectivity index (χ4v) is 4.61. The van der Waals surface area contributed by atoms with Crippen molar-refractivity contribution in [2.24, 2.45) is 5.41 Å². The Balaban J connectivity index is 0.00000484. The summed E-state index contributed by atoms with van der Waals surface area (Å²) in [5, 5.41) is 5.83. The number of anilines is 2. The highest BCUT2D eigenvalue weighted by Gasteiger charge is 2.44. The molecule has 0 aliphatic heterocycles. The number of amides is 1. The Labute approximate surface area is 252 Å². The third-order valence-corrected chi connectivity index (χ3v) is 7.02. The maximum absolute atomic E-state index is 14.8. The molecule has 2 aromatic carbocycles. The average molecular weight is 645 g/mol. The summed E-state index contributed by atoms with van der Waals surface area (Å²) in [7, 11) is -4.42. The molecule has 10 nitrogen and oxygen atoms in total. The van der Waals surface area contributed by atoms with Crippen LogP contribution in [0.3, 0.4) is 0 Å². The molecule has 0 aliphatic carbocycles. The molecule has 0 unspecified atom stereocenters. The number of hydrogen-bond acceptors (Lipinski definition) is 7. The van der Waals surface area contributed by atoms with E-state index < -0.39 is 33.1 Å². The molecule has 0 atom stereocenters. The summed E-state index contributed by atoms with van der Waals surface area (Å²) >= 11 is 6.47. The number of fused-ring (bicyclic) bond motifs is 1. The van der Waals surface area contributed by atoms with E-state index in [9.17, 15) is 22.0 Å². The zero-order valence-electron chi connectivity index (χ0n) is 22.8. The third kappa shape index (κ3) is 7.85. The van der Waals surface area contributed by atoms with Crippen molar-refractivity contribution >= 4 is 62.6 Å². The van der Waals surface area contributed by atoms with E-state index in [1.165, 1.54) is 45.3 Å². The van der Waals surface area contributed by atoms with Crippen molar-refractivity contribution in [3.8, 4) is 11.5 Å². The van der Waals surface area contributed by atoms with Gasteiger partial charge in [0.25, 0.3) is 16.0 Å². The van der Waals surface area contributed by atoms with Crippen LogP contribution in [0.1, 0.15) is 26.3 Å². The third-order valence-electron chi connectivity index (χ3n) is 6.10. The number of hydrogen-bond donors (Lipinski definition) is 3. The second kappa shape index (κ2) is 12.8. The fourth-order valence-electron chi connectivity index (χ4n) is 3.96. The summed E-state index contributed by atoms with van der Waals surface area (Å²) in [5.41, 5.74) is 0.351. The molecule has 0 bridgehead atoms. The van der Waals surface area contributed by atoms with Gasteiger partial charge in [0.1, 0.15) is 23.3 Å². The second-order valence-electron chi connectivity index (χ2n) is 10.3. The van der Waals surface area contributed by atoms with Crippen molar-refractivity contribution in [1.82, 2.24) is 19.9 Å². The molecular formula is C27H29Cl2F2N5O5S. The van der Waals surface area contributed by atoms with E-state index >= 15 is 0 Å². The molecule has 0 spiro atoms. The van der Waals surface area contributed by atoms with Crippen LogP contribution in [0.15, 0.2) is 61.1 Å². The number of carbonyl (C=O) groups is 1. The molecular weight excluding hydrogens is 615 g/mol. The molecule has 0 saturated heterocycles. The summed E-state index contributed by atoms with van der Waals surface area (Å²) < 4.78 is 67.8. The number of ether oxygens (including phenoxy) is 1. The lowest BCUT2D eigenvalue weighted by Crippen LogP contribution is -2.32. The van der Waals surface area contributed by atoms with E-state index in [-0.39, 0.29) is 47.6 Å². The van der Waals surface area contributed by atoms with Crippen molar-refractivity contribution in [3.05, 3.63) is 71.6 Å². The summed E-state index contributed by atoms with van der Waals surface area (Å²) in [4.78, 5) is 20.2. The summed E-state index contributed by atoms with van der Waals surface area (Å²) in [6.07, 6.45) is 3.11. The molecule has 15 heteroatoms. The predicted octanol–water partition coefficient (Wildman–Crippen LogP) is 6.18. The van der Waals surface area contributed by atoms with Gasteiger partial charge in [-0.3, -0.25) is 9.35 Å². The van der Waals surface area contributed by atoms with Crippen LogP contribution in [0, 0.1) is 5.41 Å². The van der Waals surface area contributed by atoms with Crippen molar-refractivity contribution < 1.29 is 31.3 Å². The van der Waals surface area contributed by atoms with E-state index in [1.54, 1.807) is 41.1 Å². The molecule has 4 aromatic rings. The van der Waals surface area contributed by atoms with Crippen LogP contribution < -0.4 is 15.4 Å². The first-order valence-corrected chi connectivity index (χ1v) is 14.4. The summed E-state index contributed by atoms with van der Waals surface area (Å²) in [6, 6.07) is 12.4. The van der Waals surface area contributed by atoms with Crippen LogP contribution in [-0.4, -0.2) is 45.7 Å². The summed E-state index contributed by atoms with van der Waals surface area (Å²) in [5.74, 6) is -4.00. The van der Waals surface area contributed by atoms with E-state index in [1.807, 2.05) is 0 Å². The lowest BCUT2D eigenvalue weighted by Gasteiger charge is -2.30. The molecule has 42 heavy (non-hydrogen) atoms.